The number of hydrogen-bond donors (Lipinski definition) is 0. The van der Waals surface area contributed by atoms with Crippen LogP contribution in [0.25, 0.3) is 16.7 Å². The summed E-state index contributed by atoms with van der Waals surface area (Å²) in [5.74, 6) is 0.903. The quantitative estimate of drug-likeness (QED) is 0.112. The van der Waals surface area contributed by atoms with Crippen LogP contribution in [0.5, 0.6) is 11.5 Å². The van der Waals surface area contributed by atoms with Gasteiger partial charge in [0.25, 0.3) is 0 Å². The van der Waals surface area contributed by atoms with Crippen molar-refractivity contribution >= 4 is 17.9 Å². The molecule has 226 valence electrons. The average Bonchev–Trinajstić information content (AvgIpc) is 2.91. The van der Waals surface area contributed by atoms with Crippen LogP contribution in [0, 0.1) is 6.92 Å². The molecule has 0 atom stereocenters. The van der Waals surface area contributed by atoms with E-state index in [4.69, 9.17) is 28.4 Å². The Labute approximate surface area is 244 Å². The van der Waals surface area contributed by atoms with E-state index in [1.807, 2.05) is 44.2 Å². The summed E-state index contributed by atoms with van der Waals surface area (Å²) in [5, 5.41) is 0. The third kappa shape index (κ3) is 10.3. The second-order valence-corrected chi connectivity index (χ2v) is 10.6. The van der Waals surface area contributed by atoms with Gasteiger partial charge < -0.3 is 28.4 Å². The third-order valence-electron chi connectivity index (χ3n) is 6.71. The predicted molar refractivity (Wildman–Crippen MR) is 160 cm³/mol. The molecule has 0 heterocycles. The summed E-state index contributed by atoms with van der Waals surface area (Å²) >= 11 is 0. The molecule has 0 fully saturated rings. The lowest BCUT2D eigenvalue weighted by molar-refractivity contribution is 0.00557. The summed E-state index contributed by atoms with van der Waals surface area (Å²) in [6, 6.07) is 9.96. The lowest BCUT2D eigenvalue weighted by Crippen LogP contribution is -2.19. The lowest BCUT2D eigenvalue weighted by atomic mass is 9.78. The van der Waals surface area contributed by atoms with Crippen molar-refractivity contribution < 1.29 is 38.0 Å². The maximum atomic E-state index is 11.9. The van der Waals surface area contributed by atoms with Crippen molar-refractivity contribution in [2.45, 2.75) is 86.0 Å². The number of unbranched alkanes of at least 4 members (excludes halogenated alkanes) is 3. The van der Waals surface area contributed by atoms with E-state index in [9.17, 15) is 9.59 Å². The molecular weight excluding hydrogens is 524 g/mol. The van der Waals surface area contributed by atoms with Crippen LogP contribution in [0.15, 0.2) is 36.9 Å². The number of hydrogen-bond acceptors (Lipinski definition) is 8. The Morgan fingerprint density at radius 3 is 1.85 bits per heavy atom. The first-order valence-corrected chi connectivity index (χ1v) is 14.3. The number of carbonyl (C=O) groups is 2. The number of rotatable bonds is 16. The zero-order valence-corrected chi connectivity index (χ0v) is 25.7. The van der Waals surface area contributed by atoms with Gasteiger partial charge >= 0.3 is 12.3 Å². The Hall–Kier alpha value is -3.68. The van der Waals surface area contributed by atoms with Gasteiger partial charge in [-0.3, -0.25) is 0 Å². The van der Waals surface area contributed by atoms with Crippen LogP contribution in [0.1, 0.15) is 90.3 Å². The molecule has 0 aromatic heterocycles. The van der Waals surface area contributed by atoms with Crippen LogP contribution >= 0.6 is 0 Å². The van der Waals surface area contributed by atoms with Crippen LogP contribution in [0.3, 0.4) is 0 Å². The van der Waals surface area contributed by atoms with Crippen LogP contribution in [-0.2, 0) is 24.4 Å². The molecule has 2 aromatic carbocycles. The smallest absolute Gasteiger partial charge is 0.456 e. The van der Waals surface area contributed by atoms with Gasteiger partial charge in [-0.05, 0) is 68.4 Å². The van der Waals surface area contributed by atoms with Crippen molar-refractivity contribution in [2.24, 2.45) is 0 Å². The first-order valence-electron chi connectivity index (χ1n) is 14.3. The zero-order valence-electron chi connectivity index (χ0n) is 25.7. The van der Waals surface area contributed by atoms with Gasteiger partial charge in [0.1, 0.15) is 11.5 Å². The Balaban J connectivity index is 2.67. The van der Waals surface area contributed by atoms with Crippen molar-refractivity contribution in [1.82, 2.24) is 0 Å². The Bertz CT molecular complexity index is 1120. The molecule has 0 N–H and O–H groups in total. The molecule has 8 heteroatoms. The summed E-state index contributed by atoms with van der Waals surface area (Å²) in [7, 11) is 0. The molecule has 8 nitrogen and oxygen atoms in total. The molecule has 0 unspecified atom stereocenters. The summed E-state index contributed by atoms with van der Waals surface area (Å²) < 4.78 is 32.3. The van der Waals surface area contributed by atoms with E-state index in [2.05, 4.69) is 27.4 Å². The number of carbonyl (C=O) groups excluding carboxylic acids is 2. The van der Waals surface area contributed by atoms with Gasteiger partial charge in [0, 0.05) is 0 Å². The third-order valence-corrected chi connectivity index (χ3v) is 6.71. The van der Waals surface area contributed by atoms with Crippen molar-refractivity contribution in [3.8, 4) is 22.6 Å². The van der Waals surface area contributed by atoms with E-state index in [0.717, 1.165) is 53.5 Å². The Morgan fingerprint density at radius 1 is 0.805 bits per heavy atom. The van der Waals surface area contributed by atoms with E-state index in [0.29, 0.717) is 17.1 Å². The second-order valence-electron chi connectivity index (χ2n) is 10.6. The molecule has 0 saturated heterocycles. The van der Waals surface area contributed by atoms with E-state index in [-0.39, 0.29) is 32.2 Å². The fraction of sp³-hybridized carbons (Fsp3) is 0.515. The molecule has 0 aliphatic rings. The van der Waals surface area contributed by atoms with Crippen LogP contribution in [-0.4, -0.2) is 39.1 Å². The highest BCUT2D eigenvalue weighted by Crippen LogP contribution is 2.46. The van der Waals surface area contributed by atoms with Crippen molar-refractivity contribution in [1.29, 1.82) is 0 Å². The molecule has 0 amide bonds. The lowest BCUT2D eigenvalue weighted by Gasteiger charge is -2.28. The highest BCUT2D eigenvalue weighted by molar-refractivity contribution is 5.87. The summed E-state index contributed by atoms with van der Waals surface area (Å²) in [5.41, 5.74) is 4.96. The van der Waals surface area contributed by atoms with E-state index < -0.39 is 12.3 Å². The zero-order chi connectivity index (χ0) is 30.4. The molecule has 0 radical (unpaired) electrons. The highest BCUT2D eigenvalue weighted by Gasteiger charge is 2.27. The molecule has 0 bridgehead atoms. The Morgan fingerprint density at radius 2 is 1.37 bits per heavy atom. The maximum absolute atomic E-state index is 11.9. The van der Waals surface area contributed by atoms with Crippen LogP contribution in [0.4, 0.5) is 9.59 Å². The summed E-state index contributed by atoms with van der Waals surface area (Å²) in [4.78, 5) is 23.8. The minimum atomic E-state index is -0.820. The van der Waals surface area contributed by atoms with Gasteiger partial charge in [0.05, 0.1) is 18.8 Å². The number of benzene rings is 2. The van der Waals surface area contributed by atoms with Crippen molar-refractivity contribution in [2.75, 3.05) is 26.8 Å². The number of allylic oxidation sites excluding steroid dienone is 1. The second kappa shape index (κ2) is 16.6. The molecule has 2 aromatic rings. The summed E-state index contributed by atoms with van der Waals surface area (Å²) in [6.07, 6.45) is 3.88. The van der Waals surface area contributed by atoms with E-state index in [1.54, 1.807) is 13.8 Å². The maximum Gasteiger partial charge on any atom is 0.511 e. The van der Waals surface area contributed by atoms with Gasteiger partial charge in [-0.1, -0.05) is 82.4 Å². The van der Waals surface area contributed by atoms with Gasteiger partial charge in [-0.15, -0.1) is 0 Å². The molecular formula is C33H46O8. The molecule has 2 rings (SSSR count). The fourth-order valence-electron chi connectivity index (χ4n) is 4.45. The normalized spacial score (nSPS) is 11.0. The first-order chi connectivity index (χ1) is 19.5. The number of aryl methyl sites for hydroxylation is 1. The minimum absolute atomic E-state index is 0.190. The SMILES string of the molecule is C=C(C)c1ccc(C)cc1-c1c(OCOC(=O)OCC)cc(C(C)(C)CCCCCC)cc1OCOC(=O)OCC. The Kier molecular flexibility index (Phi) is 13.5. The topological polar surface area (TPSA) is 89.5 Å². The van der Waals surface area contributed by atoms with Gasteiger partial charge in [-0.2, -0.15) is 0 Å². The standard InChI is InChI=1S/C33H46O8/c1-9-12-13-14-17-33(7,8)25-19-28(38-21-40-31(34)36-10-2)30(27-18-24(6)15-16-26(27)23(4)5)29(20-25)39-22-41-32(35)37-11-3/h15-16,18-20H,4,9-14,17,21-22H2,1-3,5-8H3. The number of ether oxygens (including phenoxy) is 6. The average molecular weight is 571 g/mol. The van der Waals surface area contributed by atoms with E-state index >= 15 is 0 Å². The predicted octanol–water partition coefficient (Wildman–Crippen LogP) is 8.96. The minimum Gasteiger partial charge on any atom is -0.456 e. The van der Waals surface area contributed by atoms with Gasteiger partial charge in [0.2, 0.25) is 13.6 Å². The molecule has 0 aliphatic heterocycles. The van der Waals surface area contributed by atoms with Crippen molar-refractivity contribution in [3.63, 3.8) is 0 Å². The highest BCUT2D eigenvalue weighted by atomic mass is 16.8. The van der Waals surface area contributed by atoms with Crippen LogP contribution < -0.4 is 9.47 Å². The fourth-order valence-corrected chi connectivity index (χ4v) is 4.45. The molecule has 41 heavy (non-hydrogen) atoms. The van der Waals surface area contributed by atoms with Gasteiger partial charge in [-0.25, -0.2) is 9.59 Å². The largest absolute Gasteiger partial charge is 0.511 e. The molecule has 0 spiro atoms. The first kappa shape index (κ1) is 33.5. The molecule has 0 aliphatic carbocycles. The van der Waals surface area contributed by atoms with Crippen LogP contribution in [0.2, 0.25) is 0 Å². The van der Waals surface area contributed by atoms with Crippen molar-refractivity contribution in [3.05, 3.63) is 53.6 Å². The monoisotopic (exact) mass is 570 g/mol. The molecule has 0 saturated carbocycles. The van der Waals surface area contributed by atoms with Gasteiger partial charge in [0.15, 0.2) is 0 Å². The summed E-state index contributed by atoms with van der Waals surface area (Å²) in [6.45, 7) is 17.7. The van der Waals surface area contributed by atoms with E-state index in [1.165, 1.54) is 6.42 Å².